The van der Waals surface area contributed by atoms with Crippen molar-refractivity contribution in [2.75, 3.05) is 11.9 Å². The molecule has 1 atom stereocenters. The van der Waals surface area contributed by atoms with Crippen LogP contribution in [0.15, 0.2) is 18.2 Å². The maximum Gasteiger partial charge on any atom is 0.227 e. The fourth-order valence-corrected chi connectivity index (χ4v) is 2.15. The molecule has 0 aliphatic heterocycles. The van der Waals surface area contributed by atoms with Crippen LogP contribution >= 0.6 is 0 Å². The molecule has 3 nitrogen and oxygen atoms in total. The molecule has 1 unspecified atom stereocenters. The van der Waals surface area contributed by atoms with Gasteiger partial charge in [-0.05, 0) is 49.4 Å². The van der Waals surface area contributed by atoms with E-state index in [2.05, 4.69) is 17.2 Å². The number of hydrogen-bond acceptors (Lipinski definition) is 2. The van der Waals surface area contributed by atoms with Gasteiger partial charge >= 0.3 is 0 Å². The van der Waals surface area contributed by atoms with Crippen molar-refractivity contribution in [2.45, 2.75) is 26.7 Å². The predicted octanol–water partition coefficient (Wildman–Crippen LogP) is 2.29. The van der Waals surface area contributed by atoms with Crippen LogP contribution in [0.3, 0.4) is 0 Å². The molecule has 1 aromatic rings. The quantitative estimate of drug-likeness (QED) is 0.815. The first kappa shape index (κ1) is 13.6. The van der Waals surface area contributed by atoms with E-state index in [9.17, 15) is 4.79 Å². The molecule has 0 heterocycles. The second-order valence-corrected chi connectivity index (χ2v) is 5.21. The van der Waals surface area contributed by atoms with E-state index in [1.54, 1.807) is 0 Å². The smallest absolute Gasteiger partial charge is 0.227 e. The summed E-state index contributed by atoms with van der Waals surface area (Å²) in [5.41, 5.74) is 8.16. The molecule has 1 amide bonds. The molecule has 3 N–H and O–H groups in total. The first-order chi connectivity index (χ1) is 9.10. The van der Waals surface area contributed by atoms with Crippen molar-refractivity contribution in [3.63, 3.8) is 0 Å². The number of carbonyl (C=O) groups excluding carboxylic acids is 1. The fraction of sp³-hybridized carbons (Fsp3) is 0.438. The lowest BCUT2D eigenvalue weighted by molar-refractivity contribution is -0.119. The molecule has 0 radical (unpaired) electrons. The first-order valence-electron chi connectivity index (χ1n) is 6.71. The highest BCUT2D eigenvalue weighted by atomic mass is 16.1. The van der Waals surface area contributed by atoms with Crippen molar-refractivity contribution in [3.05, 3.63) is 29.3 Å². The summed E-state index contributed by atoms with van der Waals surface area (Å²) in [6, 6.07) is 5.85. The molecule has 0 aromatic heterocycles. The Bertz CT molecular complexity index is 535. The normalized spacial score (nSPS) is 15.3. The molecule has 2 rings (SSSR count). The largest absolute Gasteiger partial charge is 0.326 e. The average molecular weight is 256 g/mol. The van der Waals surface area contributed by atoms with Crippen LogP contribution < -0.4 is 11.1 Å². The lowest BCUT2D eigenvalue weighted by atomic mass is 10.1. The molecule has 1 aromatic carbocycles. The molecule has 1 saturated carbocycles. The van der Waals surface area contributed by atoms with Crippen molar-refractivity contribution < 1.29 is 4.79 Å². The molecule has 0 bridgehead atoms. The Balaban J connectivity index is 2.10. The van der Waals surface area contributed by atoms with E-state index in [0.717, 1.165) is 16.8 Å². The minimum Gasteiger partial charge on any atom is -0.326 e. The Kier molecular flexibility index (Phi) is 4.24. The maximum atomic E-state index is 12.1. The average Bonchev–Trinajstić information content (AvgIpc) is 3.19. The summed E-state index contributed by atoms with van der Waals surface area (Å²) in [7, 11) is 0. The van der Waals surface area contributed by atoms with E-state index < -0.39 is 0 Å². The Labute approximate surface area is 114 Å². The lowest BCUT2D eigenvalue weighted by Crippen LogP contribution is -2.21. The minimum atomic E-state index is 0.0964. The van der Waals surface area contributed by atoms with Crippen molar-refractivity contribution in [3.8, 4) is 11.8 Å². The third kappa shape index (κ3) is 3.84. The van der Waals surface area contributed by atoms with Gasteiger partial charge < -0.3 is 11.1 Å². The summed E-state index contributed by atoms with van der Waals surface area (Å²) in [4.78, 5) is 12.1. The summed E-state index contributed by atoms with van der Waals surface area (Å²) in [6.45, 7) is 4.33. The summed E-state index contributed by atoms with van der Waals surface area (Å²) in [5.74, 6) is 6.59. The topological polar surface area (TPSA) is 55.1 Å². The van der Waals surface area contributed by atoms with Gasteiger partial charge in [-0.2, -0.15) is 0 Å². The van der Waals surface area contributed by atoms with Gasteiger partial charge in [0.05, 0.1) is 6.54 Å². The van der Waals surface area contributed by atoms with Crippen LogP contribution in [0.5, 0.6) is 0 Å². The molecule has 19 heavy (non-hydrogen) atoms. The third-order valence-electron chi connectivity index (χ3n) is 3.42. The minimum absolute atomic E-state index is 0.0964. The molecule has 100 valence electrons. The molecule has 0 saturated heterocycles. The van der Waals surface area contributed by atoms with Gasteiger partial charge in [0.1, 0.15) is 0 Å². The second kappa shape index (κ2) is 5.90. The van der Waals surface area contributed by atoms with Gasteiger partial charge in [-0.25, -0.2) is 0 Å². The number of aryl methyl sites for hydroxylation is 1. The Morgan fingerprint density at radius 1 is 1.47 bits per heavy atom. The fourth-order valence-electron chi connectivity index (χ4n) is 2.15. The standard InChI is InChI=1S/C16H20N2O/c1-11-8-13(4-3-7-17)10-15(9-11)18-16(19)12(2)14-5-6-14/h8-10,12,14H,5-7,17H2,1-2H3,(H,18,19). The molecule has 3 heteroatoms. The van der Waals surface area contributed by atoms with Crippen molar-refractivity contribution in [1.29, 1.82) is 0 Å². The highest BCUT2D eigenvalue weighted by Gasteiger charge is 2.32. The van der Waals surface area contributed by atoms with Crippen LogP contribution in [0.25, 0.3) is 0 Å². The molecule has 1 aliphatic rings. The highest BCUT2D eigenvalue weighted by molar-refractivity contribution is 5.93. The van der Waals surface area contributed by atoms with E-state index >= 15 is 0 Å². The van der Waals surface area contributed by atoms with Gasteiger partial charge in [0.15, 0.2) is 0 Å². The predicted molar refractivity (Wildman–Crippen MR) is 77.6 cm³/mol. The number of amides is 1. The van der Waals surface area contributed by atoms with E-state index in [1.165, 1.54) is 12.8 Å². The molecule has 1 fully saturated rings. The Hall–Kier alpha value is -1.79. The third-order valence-corrected chi connectivity index (χ3v) is 3.42. The van der Waals surface area contributed by atoms with Crippen molar-refractivity contribution in [2.24, 2.45) is 17.6 Å². The van der Waals surface area contributed by atoms with Gasteiger partial charge in [-0.15, -0.1) is 0 Å². The van der Waals surface area contributed by atoms with E-state index in [-0.39, 0.29) is 11.8 Å². The van der Waals surface area contributed by atoms with Gasteiger partial charge in [-0.3, -0.25) is 4.79 Å². The molecular weight excluding hydrogens is 236 g/mol. The molecular formula is C16H20N2O. The van der Waals surface area contributed by atoms with Gasteiger partial charge in [0.2, 0.25) is 5.91 Å². The second-order valence-electron chi connectivity index (χ2n) is 5.21. The number of anilines is 1. The van der Waals surface area contributed by atoms with Gasteiger partial charge in [-0.1, -0.05) is 18.8 Å². The number of benzene rings is 1. The monoisotopic (exact) mass is 256 g/mol. The van der Waals surface area contributed by atoms with Crippen LogP contribution in [0.4, 0.5) is 5.69 Å². The summed E-state index contributed by atoms with van der Waals surface area (Å²) >= 11 is 0. The number of rotatable bonds is 3. The zero-order valence-electron chi connectivity index (χ0n) is 11.5. The highest BCUT2D eigenvalue weighted by Crippen LogP contribution is 2.37. The van der Waals surface area contributed by atoms with Crippen LogP contribution in [-0.4, -0.2) is 12.5 Å². The number of nitrogens with two attached hydrogens (primary N) is 1. The summed E-state index contributed by atoms with van der Waals surface area (Å²) < 4.78 is 0. The van der Waals surface area contributed by atoms with Crippen LogP contribution in [0.2, 0.25) is 0 Å². The molecule has 1 aliphatic carbocycles. The first-order valence-corrected chi connectivity index (χ1v) is 6.71. The SMILES string of the molecule is Cc1cc(C#CCN)cc(NC(=O)C(C)C2CC2)c1. The van der Waals surface area contributed by atoms with Crippen molar-refractivity contribution >= 4 is 11.6 Å². The lowest BCUT2D eigenvalue weighted by Gasteiger charge is -2.12. The van der Waals surface area contributed by atoms with Crippen LogP contribution in [0, 0.1) is 30.6 Å². The Morgan fingerprint density at radius 3 is 2.84 bits per heavy atom. The number of hydrogen-bond donors (Lipinski definition) is 2. The van der Waals surface area contributed by atoms with Crippen LogP contribution in [-0.2, 0) is 4.79 Å². The van der Waals surface area contributed by atoms with E-state index in [4.69, 9.17) is 5.73 Å². The zero-order valence-corrected chi connectivity index (χ0v) is 11.5. The van der Waals surface area contributed by atoms with Crippen LogP contribution in [0.1, 0.15) is 30.9 Å². The van der Waals surface area contributed by atoms with E-state index in [0.29, 0.717) is 12.5 Å². The summed E-state index contributed by atoms with van der Waals surface area (Å²) in [5, 5.41) is 2.98. The van der Waals surface area contributed by atoms with Crippen molar-refractivity contribution in [1.82, 2.24) is 0 Å². The molecule has 0 spiro atoms. The number of carbonyl (C=O) groups is 1. The van der Waals surface area contributed by atoms with E-state index in [1.807, 2.05) is 32.0 Å². The maximum absolute atomic E-state index is 12.1. The Morgan fingerprint density at radius 2 is 2.21 bits per heavy atom. The van der Waals surface area contributed by atoms with Gasteiger partial charge in [0, 0.05) is 17.2 Å². The van der Waals surface area contributed by atoms with Gasteiger partial charge in [0.25, 0.3) is 0 Å². The summed E-state index contributed by atoms with van der Waals surface area (Å²) in [6.07, 6.45) is 2.35. The number of nitrogens with one attached hydrogen (secondary N) is 1. The zero-order chi connectivity index (χ0) is 13.8.